The van der Waals surface area contributed by atoms with Crippen LogP contribution in [0.3, 0.4) is 0 Å². The number of alkyl halides is 3. The lowest BCUT2D eigenvalue weighted by Crippen LogP contribution is -2.14. The van der Waals surface area contributed by atoms with Crippen LogP contribution >= 0.6 is 12.2 Å². The van der Waals surface area contributed by atoms with E-state index in [1.54, 1.807) is 0 Å². The molecule has 0 amide bonds. The first-order chi connectivity index (χ1) is 8.79. The number of hydrogen-bond acceptors (Lipinski definition) is 2. The van der Waals surface area contributed by atoms with Gasteiger partial charge in [-0.05, 0) is 37.5 Å². The average molecular weight is 290 g/mol. The Bertz CT molecular complexity index is 444. The SMILES string of the molecule is Cc1ccc(C(N)=S)c(NCCCCC(F)(F)F)c1. The molecule has 6 heteroatoms. The molecule has 0 fully saturated rings. The fourth-order valence-corrected chi connectivity index (χ4v) is 1.87. The van der Waals surface area contributed by atoms with Gasteiger partial charge in [0.05, 0.1) is 0 Å². The molecule has 3 N–H and O–H groups in total. The molecule has 0 unspecified atom stereocenters. The molecule has 0 saturated carbocycles. The molecule has 1 aromatic carbocycles. The Hall–Kier alpha value is -1.30. The summed E-state index contributed by atoms with van der Waals surface area (Å²) in [5.74, 6) is 0. The minimum absolute atomic E-state index is 0.116. The van der Waals surface area contributed by atoms with Crippen LogP contribution in [0.1, 0.15) is 30.4 Å². The maximum atomic E-state index is 12.0. The summed E-state index contributed by atoms with van der Waals surface area (Å²) in [5, 5.41) is 3.09. The van der Waals surface area contributed by atoms with Gasteiger partial charge in [-0.1, -0.05) is 18.3 Å². The van der Waals surface area contributed by atoms with Crippen LogP contribution in [0.25, 0.3) is 0 Å². The summed E-state index contributed by atoms with van der Waals surface area (Å²) < 4.78 is 35.9. The highest BCUT2D eigenvalue weighted by atomic mass is 32.1. The monoisotopic (exact) mass is 290 g/mol. The highest BCUT2D eigenvalue weighted by Gasteiger charge is 2.25. The highest BCUT2D eigenvalue weighted by Crippen LogP contribution is 2.22. The van der Waals surface area contributed by atoms with Crippen molar-refractivity contribution < 1.29 is 13.2 Å². The van der Waals surface area contributed by atoms with Gasteiger partial charge in [-0.15, -0.1) is 0 Å². The van der Waals surface area contributed by atoms with Crippen LogP contribution in [0.2, 0.25) is 0 Å². The van der Waals surface area contributed by atoms with Crippen molar-refractivity contribution in [2.45, 2.75) is 32.4 Å². The molecule has 0 aliphatic carbocycles. The Balaban J connectivity index is 2.49. The first kappa shape index (κ1) is 15.8. The van der Waals surface area contributed by atoms with Crippen LogP contribution in [0.4, 0.5) is 18.9 Å². The van der Waals surface area contributed by atoms with Crippen LogP contribution in [0.15, 0.2) is 18.2 Å². The van der Waals surface area contributed by atoms with Crippen LogP contribution in [-0.4, -0.2) is 17.7 Å². The summed E-state index contributed by atoms with van der Waals surface area (Å²) >= 11 is 4.93. The molecule has 0 atom stereocenters. The molecule has 106 valence electrons. The molecule has 1 rings (SSSR count). The van der Waals surface area contributed by atoms with Gasteiger partial charge in [0.2, 0.25) is 0 Å². The molecule has 19 heavy (non-hydrogen) atoms. The summed E-state index contributed by atoms with van der Waals surface area (Å²) in [6.07, 6.45) is -4.26. The molecular weight excluding hydrogens is 273 g/mol. The number of nitrogens with one attached hydrogen (secondary N) is 1. The largest absolute Gasteiger partial charge is 0.389 e. The van der Waals surface area contributed by atoms with E-state index in [0.717, 1.165) is 16.8 Å². The summed E-state index contributed by atoms with van der Waals surface area (Å²) in [6.45, 7) is 2.40. The second kappa shape index (κ2) is 6.75. The van der Waals surface area contributed by atoms with Crippen LogP contribution in [-0.2, 0) is 0 Å². The van der Waals surface area contributed by atoms with E-state index in [2.05, 4.69) is 5.32 Å². The second-order valence-corrected chi connectivity index (χ2v) is 4.85. The van der Waals surface area contributed by atoms with E-state index in [-0.39, 0.29) is 11.4 Å². The van der Waals surface area contributed by atoms with Gasteiger partial charge in [0.25, 0.3) is 0 Å². The lowest BCUT2D eigenvalue weighted by molar-refractivity contribution is -0.135. The van der Waals surface area contributed by atoms with Crippen molar-refractivity contribution in [3.8, 4) is 0 Å². The third kappa shape index (κ3) is 5.92. The van der Waals surface area contributed by atoms with Crippen molar-refractivity contribution in [3.05, 3.63) is 29.3 Å². The minimum atomic E-state index is -4.08. The third-order valence-corrected chi connectivity index (χ3v) is 2.86. The second-order valence-electron chi connectivity index (χ2n) is 4.41. The zero-order valence-electron chi connectivity index (χ0n) is 10.7. The van der Waals surface area contributed by atoms with Gasteiger partial charge in [-0.3, -0.25) is 0 Å². The number of unbranched alkanes of at least 4 members (excludes halogenated alkanes) is 1. The summed E-state index contributed by atoms with van der Waals surface area (Å²) in [4.78, 5) is 0.276. The normalized spacial score (nSPS) is 11.4. The number of aryl methyl sites for hydroxylation is 1. The van der Waals surface area contributed by atoms with E-state index in [1.807, 2.05) is 25.1 Å². The predicted octanol–water partition coefficient (Wildman–Crippen LogP) is 3.77. The lowest BCUT2D eigenvalue weighted by atomic mass is 10.1. The van der Waals surface area contributed by atoms with E-state index in [9.17, 15) is 13.2 Å². The van der Waals surface area contributed by atoms with Crippen molar-refractivity contribution in [2.75, 3.05) is 11.9 Å². The number of benzene rings is 1. The molecule has 2 nitrogen and oxygen atoms in total. The number of rotatable bonds is 6. The zero-order chi connectivity index (χ0) is 14.5. The van der Waals surface area contributed by atoms with Gasteiger partial charge in [0.1, 0.15) is 4.99 Å². The van der Waals surface area contributed by atoms with Gasteiger partial charge in [-0.25, -0.2) is 0 Å². The topological polar surface area (TPSA) is 38.0 Å². The Labute approximate surface area is 116 Å². The zero-order valence-corrected chi connectivity index (χ0v) is 11.5. The predicted molar refractivity (Wildman–Crippen MR) is 75.5 cm³/mol. The van der Waals surface area contributed by atoms with Crippen molar-refractivity contribution in [1.82, 2.24) is 0 Å². The smallest absolute Gasteiger partial charge is 0.389 e. The maximum absolute atomic E-state index is 12.0. The Morgan fingerprint density at radius 2 is 2.00 bits per heavy atom. The van der Waals surface area contributed by atoms with Gasteiger partial charge >= 0.3 is 6.18 Å². The molecule has 1 aromatic rings. The molecule has 0 heterocycles. The molecule has 0 aliphatic rings. The van der Waals surface area contributed by atoms with Gasteiger partial charge < -0.3 is 11.1 Å². The van der Waals surface area contributed by atoms with E-state index in [1.165, 1.54) is 0 Å². The van der Waals surface area contributed by atoms with Gasteiger partial charge in [0.15, 0.2) is 0 Å². The van der Waals surface area contributed by atoms with E-state index < -0.39 is 12.6 Å². The van der Waals surface area contributed by atoms with Crippen molar-refractivity contribution in [1.29, 1.82) is 0 Å². The van der Waals surface area contributed by atoms with E-state index in [4.69, 9.17) is 18.0 Å². The standard InChI is InChI=1S/C13H17F3N2S/c1-9-4-5-10(12(17)19)11(8-9)18-7-3-2-6-13(14,15)16/h4-5,8,18H,2-3,6-7H2,1H3,(H2,17,19). The lowest BCUT2D eigenvalue weighted by Gasteiger charge is -2.12. The van der Waals surface area contributed by atoms with Crippen LogP contribution in [0.5, 0.6) is 0 Å². The van der Waals surface area contributed by atoms with Crippen molar-refractivity contribution in [3.63, 3.8) is 0 Å². The van der Waals surface area contributed by atoms with Gasteiger partial charge in [0, 0.05) is 24.2 Å². The fraction of sp³-hybridized carbons (Fsp3) is 0.462. The van der Waals surface area contributed by atoms with E-state index in [0.29, 0.717) is 13.0 Å². The average Bonchev–Trinajstić information content (AvgIpc) is 2.26. The molecule has 0 radical (unpaired) electrons. The number of halogens is 3. The molecule has 0 bridgehead atoms. The number of nitrogens with two attached hydrogens (primary N) is 1. The molecule has 0 aliphatic heterocycles. The van der Waals surface area contributed by atoms with Gasteiger partial charge in [-0.2, -0.15) is 13.2 Å². The molecule has 0 aromatic heterocycles. The molecule has 0 saturated heterocycles. The summed E-state index contributed by atoms with van der Waals surface area (Å²) in [6, 6.07) is 5.59. The molecular formula is C13H17F3N2S. The quantitative estimate of drug-likeness (QED) is 0.618. The minimum Gasteiger partial charge on any atom is -0.389 e. The van der Waals surface area contributed by atoms with Crippen molar-refractivity contribution >= 4 is 22.9 Å². The Kier molecular flexibility index (Phi) is 5.60. The Morgan fingerprint density at radius 3 is 2.58 bits per heavy atom. The third-order valence-electron chi connectivity index (χ3n) is 2.64. The Morgan fingerprint density at radius 1 is 1.32 bits per heavy atom. The van der Waals surface area contributed by atoms with E-state index >= 15 is 0 Å². The molecule has 0 spiro atoms. The highest BCUT2D eigenvalue weighted by molar-refractivity contribution is 7.80. The first-order valence-electron chi connectivity index (χ1n) is 6.00. The van der Waals surface area contributed by atoms with Crippen LogP contribution in [0, 0.1) is 6.92 Å². The van der Waals surface area contributed by atoms with Crippen LogP contribution < -0.4 is 11.1 Å². The number of thiocarbonyl (C=S) groups is 1. The summed E-state index contributed by atoms with van der Waals surface area (Å²) in [5.41, 5.74) is 8.13. The van der Waals surface area contributed by atoms with Crippen molar-refractivity contribution in [2.24, 2.45) is 5.73 Å². The first-order valence-corrected chi connectivity index (χ1v) is 6.41. The summed E-state index contributed by atoms with van der Waals surface area (Å²) in [7, 11) is 0. The maximum Gasteiger partial charge on any atom is 0.389 e. The fourth-order valence-electron chi connectivity index (χ4n) is 1.69. The number of hydrogen-bond donors (Lipinski definition) is 2. The number of anilines is 1.